The summed E-state index contributed by atoms with van der Waals surface area (Å²) in [6.07, 6.45) is -2.52. The normalized spacial score (nSPS) is 19.2. The number of nitrogens with one attached hydrogen (secondary N) is 2. The van der Waals surface area contributed by atoms with Crippen molar-refractivity contribution in [3.8, 4) is 11.3 Å². The molecule has 4 heterocycles. The number of piperazine rings is 1. The third kappa shape index (κ3) is 15.2. The Morgan fingerprint density at radius 3 is 2.25 bits per heavy atom. The maximum Gasteiger partial charge on any atom is 0.407 e. The Morgan fingerprint density at radius 2 is 1.65 bits per heavy atom. The Balaban J connectivity index is 1.48. The molecule has 0 spiro atoms. The summed E-state index contributed by atoms with van der Waals surface area (Å²) in [7, 11) is -1.79. The zero-order chi connectivity index (χ0) is 52.9. The second-order valence-electron chi connectivity index (χ2n) is 22.3. The molecule has 3 fully saturated rings. The first kappa shape index (κ1) is 57.0. The zero-order valence-corrected chi connectivity index (χ0v) is 46.1. The van der Waals surface area contributed by atoms with Crippen LogP contribution in [0.25, 0.3) is 22.2 Å². The lowest BCUT2D eigenvalue weighted by Crippen LogP contribution is -2.64. The smallest absolute Gasteiger partial charge is 0.407 e. The number of ether oxygens (including phenoxy) is 5. The van der Waals surface area contributed by atoms with E-state index in [2.05, 4.69) is 39.5 Å². The van der Waals surface area contributed by atoms with E-state index >= 15 is 13.2 Å². The van der Waals surface area contributed by atoms with Crippen molar-refractivity contribution in [2.24, 2.45) is 5.41 Å². The first-order valence-electron chi connectivity index (χ1n) is 25.2. The number of nitrogens with zero attached hydrogens (tertiary/aromatic N) is 5. The molecule has 0 radical (unpaired) electrons. The average molecular weight is 1050 g/mol. The Kier molecular flexibility index (Phi) is 18.6. The Morgan fingerprint density at radius 1 is 0.958 bits per heavy atom. The van der Waals surface area contributed by atoms with E-state index in [0.717, 1.165) is 31.9 Å². The summed E-state index contributed by atoms with van der Waals surface area (Å²) in [6.45, 7) is 23.2. The summed E-state index contributed by atoms with van der Waals surface area (Å²) in [4.78, 5) is 51.1. The largest absolute Gasteiger partial charge is 0.465 e. The number of halogens is 3. The highest BCUT2D eigenvalue weighted by molar-refractivity contribution is 7.84. The number of carbonyl (C=O) groups is 3. The van der Waals surface area contributed by atoms with Gasteiger partial charge in [0.05, 0.1) is 83.7 Å². The summed E-state index contributed by atoms with van der Waals surface area (Å²) in [5, 5.41) is 3.26. The monoisotopic (exact) mass is 1050 g/mol. The lowest BCUT2D eigenvalue weighted by molar-refractivity contribution is -0.147. The predicted molar refractivity (Wildman–Crippen MR) is 277 cm³/mol. The van der Waals surface area contributed by atoms with Gasteiger partial charge in [-0.25, -0.2) is 18.5 Å². The van der Waals surface area contributed by atoms with Crippen LogP contribution in [0.1, 0.15) is 85.6 Å². The molecule has 72 heavy (non-hydrogen) atoms. The van der Waals surface area contributed by atoms with Crippen LogP contribution in [0.3, 0.4) is 0 Å². The van der Waals surface area contributed by atoms with Crippen molar-refractivity contribution < 1.29 is 55.4 Å². The van der Waals surface area contributed by atoms with E-state index in [1.165, 1.54) is 24.3 Å². The lowest BCUT2D eigenvalue weighted by Gasteiger charge is -2.41. The van der Waals surface area contributed by atoms with Gasteiger partial charge in [0.1, 0.15) is 12.6 Å². The number of methoxy groups -OCH3 is 1. The van der Waals surface area contributed by atoms with Crippen LogP contribution in [0.2, 0.25) is 25.7 Å². The molecule has 3 aromatic rings. The molecule has 402 valence electrons. The number of hydrogen-bond acceptors (Lipinski definition) is 13. The molecule has 2 aromatic heterocycles. The number of benzene rings is 1. The molecule has 1 amide bonds. The Labute approximate surface area is 426 Å². The second kappa shape index (κ2) is 23.5. The third-order valence-electron chi connectivity index (χ3n) is 13.4. The van der Waals surface area contributed by atoms with Gasteiger partial charge in [0.25, 0.3) is 0 Å². The fraction of sp³-hybridized carbons (Fsp3) is 0.686. The van der Waals surface area contributed by atoms with Gasteiger partial charge in [-0.2, -0.15) is 13.2 Å². The maximum atomic E-state index is 15.1. The molecule has 2 aliphatic heterocycles. The zero-order valence-electron chi connectivity index (χ0n) is 44.3. The number of pyridine rings is 1. The van der Waals surface area contributed by atoms with Gasteiger partial charge in [-0.3, -0.25) is 14.7 Å². The van der Waals surface area contributed by atoms with Crippen molar-refractivity contribution in [1.29, 1.82) is 0 Å². The number of rotatable bonds is 21. The third-order valence-corrected chi connectivity index (χ3v) is 16.7. The first-order valence-corrected chi connectivity index (χ1v) is 30.1. The molecule has 1 aromatic carbocycles. The highest BCUT2D eigenvalue weighted by Gasteiger charge is 2.43. The Bertz CT molecular complexity index is 2400. The molecule has 16 nitrogen and oxygen atoms in total. The summed E-state index contributed by atoms with van der Waals surface area (Å²) < 4.78 is 91.6. The molecule has 6 rings (SSSR count). The van der Waals surface area contributed by atoms with E-state index in [1.54, 1.807) is 53.1 Å². The molecule has 2 saturated heterocycles. The molecule has 21 heteroatoms. The van der Waals surface area contributed by atoms with E-state index in [-0.39, 0.29) is 39.4 Å². The molecule has 1 aliphatic carbocycles. The number of esters is 2. The van der Waals surface area contributed by atoms with Crippen molar-refractivity contribution in [3.05, 3.63) is 41.7 Å². The quantitative estimate of drug-likeness (QED) is 0.0599. The minimum atomic E-state index is -4.63. The minimum absolute atomic E-state index is 0.00796. The number of hydrogen-bond donors (Lipinski definition) is 2. The van der Waals surface area contributed by atoms with Crippen LogP contribution in [0, 0.1) is 5.41 Å². The van der Waals surface area contributed by atoms with E-state index in [0.29, 0.717) is 57.7 Å². The summed E-state index contributed by atoms with van der Waals surface area (Å²) in [5.74, 6) is -1.24. The maximum absolute atomic E-state index is 15.1. The van der Waals surface area contributed by atoms with Crippen LogP contribution in [0.5, 0.6) is 0 Å². The van der Waals surface area contributed by atoms with Crippen LogP contribution in [-0.2, 0) is 57.2 Å². The van der Waals surface area contributed by atoms with Gasteiger partial charge in [0.15, 0.2) is 0 Å². The number of morpholine rings is 1. The topological polar surface area (TPSA) is 166 Å². The van der Waals surface area contributed by atoms with E-state index < -0.39 is 84.3 Å². The summed E-state index contributed by atoms with van der Waals surface area (Å²) in [6, 6.07) is 6.15. The molecule has 0 unspecified atom stereocenters. The number of aromatic nitrogens is 2. The van der Waals surface area contributed by atoms with Crippen molar-refractivity contribution in [3.63, 3.8) is 0 Å². The number of alkyl carbamates (subject to hydrolysis) is 1. The van der Waals surface area contributed by atoms with Gasteiger partial charge in [-0.05, 0) is 89.8 Å². The van der Waals surface area contributed by atoms with Crippen LogP contribution in [0.4, 0.5) is 29.3 Å². The predicted octanol–water partition coefficient (Wildman–Crippen LogP) is 8.01. The van der Waals surface area contributed by atoms with Gasteiger partial charge >= 0.3 is 24.2 Å². The van der Waals surface area contributed by atoms with Crippen molar-refractivity contribution >= 4 is 59.4 Å². The average Bonchev–Trinajstić information content (AvgIpc) is 4.12. The van der Waals surface area contributed by atoms with Crippen LogP contribution >= 0.6 is 0 Å². The van der Waals surface area contributed by atoms with E-state index in [4.69, 9.17) is 28.7 Å². The lowest BCUT2D eigenvalue weighted by atomic mass is 9.84. The van der Waals surface area contributed by atoms with Crippen molar-refractivity contribution in [2.45, 2.75) is 148 Å². The number of alkyl halides is 3. The number of carbonyl (C=O) groups excluding carboxylic acids is 3. The highest BCUT2D eigenvalue weighted by Crippen LogP contribution is 2.44. The molecular formula is C51H78F3N7O9SSi. The molecule has 2 N–H and O–H groups in total. The molecule has 5 atom stereocenters. The van der Waals surface area contributed by atoms with Crippen LogP contribution in [0.15, 0.2) is 30.5 Å². The molecular weight excluding hydrogens is 972 g/mol. The SMILES string of the molecule is CCOC(=O)[C@@H](NC(=O)OCC[Si](C)(C)C)[C@H](N[S@@](=O)C(C)(C)C)[C@H]1CN(c2ccc3c(c2)c(CC(C)(C)COC(C)=O)c(-c2cc(N4CCN(C5CC5)CC4)cnc2[C@H](C)OC)n3CC(F)(F)F)CCO1. The van der Waals surface area contributed by atoms with Crippen molar-refractivity contribution in [1.82, 2.24) is 24.5 Å². The van der Waals surface area contributed by atoms with E-state index in [1.807, 2.05) is 37.8 Å². The molecule has 1 saturated carbocycles. The first-order chi connectivity index (χ1) is 33.7. The van der Waals surface area contributed by atoms with Gasteiger partial charge < -0.3 is 43.4 Å². The fourth-order valence-corrected chi connectivity index (χ4v) is 10.8. The highest BCUT2D eigenvalue weighted by atomic mass is 32.2. The minimum Gasteiger partial charge on any atom is -0.465 e. The summed E-state index contributed by atoms with van der Waals surface area (Å²) >= 11 is 0. The van der Waals surface area contributed by atoms with Gasteiger partial charge in [-0.15, -0.1) is 0 Å². The fourth-order valence-electron chi connectivity index (χ4n) is 9.25. The standard InChI is InChI=1S/C51H78F3N7O9SSi/c1-13-67-47(63)45(56-48(64)69-24-25-72(10,11)12)44(57-71(65)49(4,5)6)42-30-60(22-23-68-42)36-16-17-41-38(26-36)40(28-50(7,8)32-70-34(3)62)46(61(41)31-51(52,53)54)39-27-37(29-55-43(39)33(2)66-9)59-20-18-58(19-21-59)35-14-15-35/h16-17,26-27,29,33,35,42,44-45,57H,13-15,18-25,28,30-32H2,1-12H3,(H,56,64)/t33-,42+,44+,45-,71-/m0/s1. The number of anilines is 2. The Hall–Kier alpha value is -4.28. The van der Waals surface area contributed by atoms with E-state index in [9.17, 15) is 18.6 Å². The molecule has 3 aliphatic rings. The van der Waals surface area contributed by atoms with Crippen LogP contribution in [-0.4, -0.2) is 153 Å². The van der Waals surface area contributed by atoms with Gasteiger partial charge in [0.2, 0.25) is 0 Å². The number of fused-ring (bicyclic) bond motifs is 1. The number of amides is 1. The second-order valence-corrected chi connectivity index (χ2v) is 29.9. The van der Waals surface area contributed by atoms with Crippen LogP contribution < -0.4 is 19.8 Å². The summed E-state index contributed by atoms with van der Waals surface area (Å²) in [5.41, 5.74) is 2.99. The molecule has 0 bridgehead atoms. The van der Waals surface area contributed by atoms with Gasteiger partial charge in [0, 0.05) is 95.0 Å². The van der Waals surface area contributed by atoms with Crippen molar-refractivity contribution in [2.75, 3.05) is 82.6 Å². The van der Waals surface area contributed by atoms with Gasteiger partial charge in [-0.1, -0.05) is 33.5 Å².